The Hall–Kier alpha value is -3.11. The van der Waals surface area contributed by atoms with Crippen LogP contribution in [0.2, 0.25) is 0 Å². The number of guanidine groups is 1. The van der Waals surface area contributed by atoms with E-state index in [1.54, 1.807) is 6.26 Å². The number of nitrogens with one attached hydrogen (secondary N) is 3. The molecule has 0 aromatic rings. The first-order valence-electron chi connectivity index (χ1n) is 11.8. The van der Waals surface area contributed by atoms with Crippen molar-refractivity contribution in [3.8, 4) is 0 Å². The van der Waals surface area contributed by atoms with Crippen molar-refractivity contribution >= 4 is 47.4 Å². The minimum atomic E-state index is -1.57. The van der Waals surface area contributed by atoms with Gasteiger partial charge in [0, 0.05) is 6.54 Å². The zero-order chi connectivity index (χ0) is 28.4. The molecule has 16 heteroatoms. The van der Waals surface area contributed by atoms with E-state index in [1.165, 1.54) is 11.8 Å². The molecule has 0 spiro atoms. The number of hydrogen-bond donors (Lipinski definition) is 9. The summed E-state index contributed by atoms with van der Waals surface area (Å²) < 4.78 is 0. The Balaban J connectivity index is 5.36. The third-order valence-corrected chi connectivity index (χ3v) is 5.77. The predicted octanol–water partition coefficient (Wildman–Crippen LogP) is -2.74. The molecule has 0 aliphatic heterocycles. The number of rotatable bonds is 20. The largest absolute Gasteiger partial charge is 0.481 e. The standard InChI is InChI=1S/C21H40N8O7S/c1-37-10-7-13(27-17(32)12(23)5-4-9-26-21(24)25)18(33)29-15(11-16(30)31)19(34)28-14(20(35)36)6-2-3-8-22/h12-15H,2-11,22-23H2,1H3,(H,27,32)(H,28,34)(H,29,33)(H,30,31)(H,35,36)(H4,24,25,26). The summed E-state index contributed by atoms with van der Waals surface area (Å²) in [5, 5.41) is 25.7. The van der Waals surface area contributed by atoms with Crippen LogP contribution in [0.1, 0.15) is 44.9 Å². The Kier molecular flexibility index (Phi) is 17.5. The number of nitrogens with two attached hydrogens (primary N) is 4. The summed E-state index contributed by atoms with van der Waals surface area (Å²) in [4.78, 5) is 64.8. The highest BCUT2D eigenvalue weighted by molar-refractivity contribution is 7.98. The van der Waals surface area contributed by atoms with Crippen LogP contribution < -0.4 is 38.9 Å². The first-order chi connectivity index (χ1) is 17.4. The van der Waals surface area contributed by atoms with Crippen LogP contribution in [0.5, 0.6) is 0 Å². The van der Waals surface area contributed by atoms with E-state index in [0.717, 1.165) is 0 Å². The number of thioether (sulfide) groups is 1. The number of carboxylic acid groups (broad SMARTS) is 2. The molecule has 0 fully saturated rings. The summed E-state index contributed by atoms with van der Waals surface area (Å²) >= 11 is 1.41. The van der Waals surface area contributed by atoms with Gasteiger partial charge in [-0.25, -0.2) is 4.79 Å². The van der Waals surface area contributed by atoms with Gasteiger partial charge in [-0.05, 0) is 57.1 Å². The Labute approximate surface area is 219 Å². The van der Waals surface area contributed by atoms with Crippen molar-refractivity contribution in [2.45, 2.75) is 69.1 Å². The average molecular weight is 549 g/mol. The van der Waals surface area contributed by atoms with Crippen LogP contribution in [0.4, 0.5) is 0 Å². The summed E-state index contributed by atoms with van der Waals surface area (Å²) in [6.07, 6.45) is 2.90. The van der Waals surface area contributed by atoms with Crippen LogP contribution in [0.3, 0.4) is 0 Å². The van der Waals surface area contributed by atoms with Crippen molar-refractivity contribution in [3.05, 3.63) is 0 Å². The summed E-state index contributed by atoms with van der Waals surface area (Å²) in [5.74, 6) is -4.69. The van der Waals surface area contributed by atoms with Gasteiger partial charge in [-0.2, -0.15) is 11.8 Å². The van der Waals surface area contributed by atoms with Crippen LogP contribution in [0, 0.1) is 0 Å². The van der Waals surface area contributed by atoms with E-state index in [9.17, 15) is 34.2 Å². The Bertz CT molecular complexity index is 795. The van der Waals surface area contributed by atoms with E-state index in [-0.39, 0.29) is 31.8 Å². The van der Waals surface area contributed by atoms with Crippen LogP contribution in [-0.2, 0) is 24.0 Å². The molecular weight excluding hydrogens is 508 g/mol. The molecule has 37 heavy (non-hydrogen) atoms. The summed E-state index contributed by atoms with van der Waals surface area (Å²) in [5.41, 5.74) is 21.8. The van der Waals surface area contributed by atoms with Crippen LogP contribution in [-0.4, -0.2) is 95.1 Å². The molecule has 212 valence electrons. The van der Waals surface area contributed by atoms with Gasteiger partial charge in [0.25, 0.3) is 0 Å². The van der Waals surface area contributed by atoms with Crippen LogP contribution in [0.15, 0.2) is 4.99 Å². The van der Waals surface area contributed by atoms with Crippen molar-refractivity contribution in [1.29, 1.82) is 0 Å². The Morgan fingerprint density at radius 1 is 0.838 bits per heavy atom. The maximum absolute atomic E-state index is 12.9. The molecule has 4 unspecified atom stereocenters. The second kappa shape index (κ2) is 19.1. The Morgan fingerprint density at radius 2 is 1.43 bits per heavy atom. The second-order valence-corrected chi connectivity index (χ2v) is 9.23. The van der Waals surface area contributed by atoms with Gasteiger partial charge in [0.05, 0.1) is 12.5 Å². The number of unbranched alkanes of at least 4 members (excludes halogenated alkanes) is 1. The van der Waals surface area contributed by atoms with Crippen LogP contribution in [0.25, 0.3) is 0 Å². The number of carbonyl (C=O) groups excluding carboxylic acids is 3. The normalized spacial score (nSPS) is 13.9. The van der Waals surface area contributed by atoms with E-state index >= 15 is 0 Å². The second-order valence-electron chi connectivity index (χ2n) is 8.24. The highest BCUT2D eigenvalue weighted by atomic mass is 32.2. The highest BCUT2D eigenvalue weighted by Gasteiger charge is 2.31. The van der Waals surface area contributed by atoms with Gasteiger partial charge in [-0.3, -0.25) is 24.2 Å². The number of hydrogen-bond acceptors (Lipinski definition) is 9. The number of carboxylic acids is 2. The van der Waals surface area contributed by atoms with Gasteiger partial charge in [0.1, 0.15) is 18.1 Å². The van der Waals surface area contributed by atoms with Crippen molar-refractivity contribution in [3.63, 3.8) is 0 Å². The van der Waals surface area contributed by atoms with E-state index in [0.29, 0.717) is 31.6 Å². The molecule has 4 atom stereocenters. The van der Waals surface area contributed by atoms with Crippen molar-refractivity contribution in [2.24, 2.45) is 27.9 Å². The van der Waals surface area contributed by atoms with Crippen molar-refractivity contribution < 1.29 is 34.2 Å². The smallest absolute Gasteiger partial charge is 0.326 e. The molecule has 13 N–H and O–H groups in total. The van der Waals surface area contributed by atoms with Crippen molar-refractivity contribution in [2.75, 3.05) is 25.1 Å². The quantitative estimate of drug-likeness (QED) is 0.0425. The number of amides is 3. The number of carbonyl (C=O) groups is 5. The predicted molar refractivity (Wildman–Crippen MR) is 139 cm³/mol. The molecule has 0 aromatic carbocycles. The molecule has 0 aliphatic rings. The number of aliphatic carboxylic acids is 2. The van der Waals surface area contributed by atoms with Crippen LogP contribution >= 0.6 is 11.8 Å². The SMILES string of the molecule is CSCCC(NC(=O)C(N)CCCN=C(N)N)C(=O)NC(CC(=O)O)C(=O)NC(CCCCN)C(=O)O. The molecule has 0 saturated carbocycles. The lowest BCUT2D eigenvalue weighted by molar-refractivity contribution is -0.143. The molecule has 0 aromatic heterocycles. The van der Waals surface area contributed by atoms with Gasteiger partial charge in [-0.15, -0.1) is 0 Å². The lowest BCUT2D eigenvalue weighted by Crippen LogP contribution is -2.57. The van der Waals surface area contributed by atoms with Gasteiger partial charge in [0.15, 0.2) is 5.96 Å². The third kappa shape index (κ3) is 15.6. The van der Waals surface area contributed by atoms with Gasteiger partial charge < -0.3 is 49.1 Å². The zero-order valence-corrected chi connectivity index (χ0v) is 21.8. The van der Waals surface area contributed by atoms with E-state index in [4.69, 9.17) is 22.9 Å². The fraction of sp³-hybridized carbons (Fsp3) is 0.714. The molecule has 0 aliphatic carbocycles. The molecule has 0 radical (unpaired) electrons. The molecule has 0 saturated heterocycles. The summed E-state index contributed by atoms with van der Waals surface area (Å²) in [7, 11) is 0. The highest BCUT2D eigenvalue weighted by Crippen LogP contribution is 2.06. The topological polar surface area (TPSA) is 278 Å². The molecule has 0 bridgehead atoms. The first-order valence-corrected chi connectivity index (χ1v) is 13.2. The maximum Gasteiger partial charge on any atom is 0.326 e. The van der Waals surface area contributed by atoms with E-state index < -0.39 is 60.2 Å². The minimum Gasteiger partial charge on any atom is -0.481 e. The fourth-order valence-corrected chi connectivity index (χ4v) is 3.58. The van der Waals surface area contributed by atoms with E-state index in [1.807, 2.05) is 0 Å². The van der Waals surface area contributed by atoms with E-state index in [2.05, 4.69) is 20.9 Å². The average Bonchev–Trinajstić information content (AvgIpc) is 2.82. The third-order valence-electron chi connectivity index (χ3n) is 5.12. The number of nitrogens with zero attached hydrogens (tertiary/aromatic N) is 1. The lowest BCUT2D eigenvalue weighted by atomic mass is 10.1. The van der Waals surface area contributed by atoms with Gasteiger partial charge >= 0.3 is 11.9 Å². The molecule has 0 heterocycles. The monoisotopic (exact) mass is 548 g/mol. The van der Waals surface area contributed by atoms with Gasteiger partial charge in [-0.1, -0.05) is 0 Å². The van der Waals surface area contributed by atoms with Gasteiger partial charge in [0.2, 0.25) is 17.7 Å². The molecule has 0 rings (SSSR count). The first kappa shape index (κ1) is 33.9. The minimum absolute atomic E-state index is 0.0828. The zero-order valence-electron chi connectivity index (χ0n) is 21.0. The Morgan fingerprint density at radius 3 is 1.97 bits per heavy atom. The molecular formula is C21H40N8O7S. The molecule has 3 amide bonds. The fourth-order valence-electron chi connectivity index (χ4n) is 3.11. The summed E-state index contributed by atoms with van der Waals surface area (Å²) in [6.45, 7) is 0.621. The number of aliphatic imine (C=N–C) groups is 1. The maximum atomic E-state index is 12.9. The molecule has 15 nitrogen and oxygen atoms in total. The lowest BCUT2D eigenvalue weighted by Gasteiger charge is -2.24. The summed E-state index contributed by atoms with van der Waals surface area (Å²) in [6, 6.07) is -4.91. The van der Waals surface area contributed by atoms with Crippen molar-refractivity contribution in [1.82, 2.24) is 16.0 Å².